The van der Waals surface area contributed by atoms with Crippen molar-refractivity contribution in [3.63, 3.8) is 0 Å². The molecule has 138 valence electrons. The van der Waals surface area contributed by atoms with Gasteiger partial charge in [-0.05, 0) is 48.1 Å². The van der Waals surface area contributed by atoms with E-state index in [-0.39, 0.29) is 0 Å². The summed E-state index contributed by atoms with van der Waals surface area (Å²) in [7, 11) is 1.36. The first kappa shape index (κ1) is 18.0. The smallest absolute Gasteiger partial charge is 0.407 e. The van der Waals surface area contributed by atoms with Crippen LogP contribution >= 0.6 is 0 Å². The summed E-state index contributed by atoms with van der Waals surface area (Å²) in [6.07, 6.45) is 1.67. The molecule has 1 aliphatic heterocycles. The molecule has 0 aromatic heterocycles. The van der Waals surface area contributed by atoms with Crippen molar-refractivity contribution in [3.05, 3.63) is 42.0 Å². The lowest BCUT2D eigenvalue weighted by Gasteiger charge is -2.29. The number of benzene rings is 2. The Kier molecular flexibility index (Phi) is 5.61. The van der Waals surface area contributed by atoms with Crippen LogP contribution in [0.5, 0.6) is 5.75 Å². The second kappa shape index (κ2) is 8.08. The highest BCUT2D eigenvalue weighted by Crippen LogP contribution is 2.28. The van der Waals surface area contributed by atoms with Gasteiger partial charge < -0.3 is 19.5 Å². The van der Waals surface area contributed by atoms with E-state index >= 15 is 0 Å². The van der Waals surface area contributed by atoms with Crippen molar-refractivity contribution in [2.24, 2.45) is 5.92 Å². The van der Waals surface area contributed by atoms with Crippen molar-refractivity contribution in [2.45, 2.75) is 19.3 Å². The van der Waals surface area contributed by atoms with Crippen LogP contribution in [0.2, 0.25) is 0 Å². The molecule has 1 saturated heterocycles. The lowest BCUT2D eigenvalue weighted by Crippen LogP contribution is -2.37. The number of rotatable bonds is 5. The maximum atomic E-state index is 12.1. The molecule has 26 heavy (non-hydrogen) atoms. The number of hydrogen-bond donors (Lipinski definition) is 1. The van der Waals surface area contributed by atoms with Gasteiger partial charge in [0.1, 0.15) is 11.3 Å². The van der Waals surface area contributed by atoms with Crippen LogP contribution in [0, 0.1) is 5.92 Å². The number of carbonyl (C=O) groups excluding carboxylic acids is 1. The fraction of sp³-hybridized carbons (Fsp3) is 0.400. The number of piperidine rings is 1. The first-order valence-corrected chi connectivity index (χ1v) is 8.80. The number of amides is 1. The molecule has 0 aliphatic carbocycles. The summed E-state index contributed by atoms with van der Waals surface area (Å²) in [5.41, 5.74) is 0.423. The quantitative estimate of drug-likeness (QED) is 0.824. The number of methoxy groups -OCH3 is 1. The monoisotopic (exact) mass is 357 g/mol. The number of fused-ring (bicyclic) bond motifs is 1. The number of nitrogens with zero attached hydrogens (tertiary/aromatic N) is 1. The summed E-state index contributed by atoms with van der Waals surface area (Å²) in [6, 6.07) is 11.5. The summed E-state index contributed by atoms with van der Waals surface area (Å²) < 4.78 is 10.8. The minimum absolute atomic E-state index is 0.416. The number of likely N-dealkylation sites (tertiary alicyclic amines) is 1. The van der Waals surface area contributed by atoms with Crippen LogP contribution in [0.3, 0.4) is 0 Å². The molecule has 6 heteroatoms. The third kappa shape index (κ3) is 4.07. The molecular formula is C20H23NO5. The number of carbonyl (C=O) groups is 2. The predicted octanol–water partition coefficient (Wildman–Crippen LogP) is 3.79. The van der Waals surface area contributed by atoms with E-state index in [9.17, 15) is 9.59 Å². The van der Waals surface area contributed by atoms with Gasteiger partial charge in [-0.1, -0.05) is 24.3 Å². The summed E-state index contributed by atoms with van der Waals surface area (Å²) >= 11 is 0. The molecule has 0 bridgehead atoms. The van der Waals surface area contributed by atoms with Crippen molar-refractivity contribution in [3.8, 4) is 5.75 Å². The Bertz CT molecular complexity index is 796. The number of carboxylic acid groups (broad SMARTS) is 1. The Labute approximate surface area is 152 Å². The molecule has 0 unspecified atom stereocenters. The maximum Gasteiger partial charge on any atom is 0.407 e. The SMILES string of the molecule is COC(=O)c1cc2ccccc2cc1OCCC1CCN(C(=O)O)CC1. The maximum absolute atomic E-state index is 12.1. The van der Waals surface area contributed by atoms with Gasteiger partial charge in [-0.15, -0.1) is 0 Å². The highest BCUT2D eigenvalue weighted by molar-refractivity contribution is 5.98. The molecule has 1 amide bonds. The standard InChI is InChI=1S/C20H23NO5/c1-25-19(22)17-12-15-4-2-3-5-16(15)13-18(17)26-11-8-14-6-9-21(10-7-14)20(23)24/h2-5,12-14H,6-11H2,1H3,(H,23,24). The van der Waals surface area contributed by atoms with Crippen LogP contribution in [0.1, 0.15) is 29.6 Å². The zero-order chi connectivity index (χ0) is 18.5. The fourth-order valence-electron chi connectivity index (χ4n) is 3.36. The Morgan fingerprint density at radius 1 is 1.15 bits per heavy atom. The molecule has 1 fully saturated rings. The van der Waals surface area contributed by atoms with Crippen molar-refractivity contribution in [2.75, 3.05) is 26.8 Å². The Balaban J connectivity index is 1.64. The molecular weight excluding hydrogens is 334 g/mol. The third-order valence-electron chi connectivity index (χ3n) is 4.92. The van der Waals surface area contributed by atoms with Crippen molar-refractivity contribution in [1.29, 1.82) is 0 Å². The fourth-order valence-corrected chi connectivity index (χ4v) is 3.36. The summed E-state index contributed by atoms with van der Waals surface area (Å²) in [6.45, 7) is 1.63. The van der Waals surface area contributed by atoms with Crippen LogP contribution in [-0.2, 0) is 4.74 Å². The number of hydrogen-bond acceptors (Lipinski definition) is 4. The molecule has 6 nitrogen and oxygen atoms in total. The summed E-state index contributed by atoms with van der Waals surface area (Å²) in [5.74, 6) is 0.548. The normalized spacial score (nSPS) is 15.0. The highest BCUT2D eigenvalue weighted by Gasteiger charge is 2.22. The third-order valence-corrected chi connectivity index (χ3v) is 4.92. The Morgan fingerprint density at radius 2 is 1.81 bits per heavy atom. The largest absolute Gasteiger partial charge is 0.493 e. The second-order valence-corrected chi connectivity index (χ2v) is 6.54. The Hall–Kier alpha value is -2.76. The molecule has 2 aromatic carbocycles. The van der Waals surface area contributed by atoms with Crippen molar-refractivity contribution in [1.82, 2.24) is 4.90 Å². The number of esters is 1. The second-order valence-electron chi connectivity index (χ2n) is 6.54. The average molecular weight is 357 g/mol. The van der Waals surface area contributed by atoms with Crippen molar-refractivity contribution < 1.29 is 24.2 Å². The molecule has 0 saturated carbocycles. The van der Waals surface area contributed by atoms with Gasteiger partial charge in [-0.3, -0.25) is 0 Å². The average Bonchev–Trinajstić information content (AvgIpc) is 2.67. The minimum Gasteiger partial charge on any atom is -0.493 e. The predicted molar refractivity (Wildman–Crippen MR) is 97.7 cm³/mol. The van der Waals surface area contributed by atoms with Crippen LogP contribution in [0.4, 0.5) is 4.79 Å². The molecule has 1 heterocycles. The van der Waals surface area contributed by atoms with Crippen LogP contribution in [0.25, 0.3) is 10.8 Å². The van der Waals surface area contributed by atoms with Gasteiger partial charge in [-0.2, -0.15) is 0 Å². The van der Waals surface area contributed by atoms with E-state index in [0.29, 0.717) is 36.9 Å². The molecule has 1 N–H and O–H groups in total. The van der Waals surface area contributed by atoms with Gasteiger partial charge in [0.25, 0.3) is 0 Å². The van der Waals surface area contributed by atoms with E-state index in [1.54, 1.807) is 6.07 Å². The van der Waals surface area contributed by atoms with Crippen LogP contribution < -0.4 is 4.74 Å². The van der Waals surface area contributed by atoms with Crippen molar-refractivity contribution >= 4 is 22.8 Å². The zero-order valence-electron chi connectivity index (χ0n) is 14.8. The lowest BCUT2D eigenvalue weighted by atomic mass is 9.94. The van der Waals surface area contributed by atoms with E-state index in [1.807, 2.05) is 30.3 Å². The molecule has 0 spiro atoms. The van der Waals surface area contributed by atoms with E-state index < -0.39 is 12.1 Å². The molecule has 0 atom stereocenters. The molecule has 2 aromatic rings. The topological polar surface area (TPSA) is 76.1 Å². The van der Waals surface area contributed by atoms with E-state index in [2.05, 4.69) is 0 Å². The van der Waals surface area contributed by atoms with Gasteiger partial charge >= 0.3 is 12.1 Å². The zero-order valence-corrected chi connectivity index (χ0v) is 14.8. The van der Waals surface area contributed by atoms with Gasteiger partial charge in [0.05, 0.1) is 13.7 Å². The summed E-state index contributed by atoms with van der Waals surface area (Å²) in [5, 5.41) is 11.0. The number of ether oxygens (including phenoxy) is 2. The lowest BCUT2D eigenvalue weighted by molar-refractivity contribution is 0.0596. The van der Waals surface area contributed by atoms with Gasteiger partial charge in [-0.25, -0.2) is 9.59 Å². The van der Waals surface area contributed by atoms with E-state index in [1.165, 1.54) is 12.0 Å². The minimum atomic E-state index is -0.849. The Morgan fingerprint density at radius 3 is 2.42 bits per heavy atom. The molecule has 0 radical (unpaired) electrons. The summed E-state index contributed by atoms with van der Waals surface area (Å²) in [4.78, 5) is 24.5. The first-order chi connectivity index (χ1) is 12.6. The van der Waals surface area contributed by atoms with E-state index in [4.69, 9.17) is 14.6 Å². The molecule has 3 rings (SSSR count). The van der Waals surface area contributed by atoms with Gasteiger partial charge in [0, 0.05) is 13.1 Å². The van der Waals surface area contributed by atoms with Gasteiger partial charge in [0.2, 0.25) is 0 Å². The van der Waals surface area contributed by atoms with E-state index in [0.717, 1.165) is 30.0 Å². The van der Waals surface area contributed by atoms with Crippen LogP contribution in [0.15, 0.2) is 36.4 Å². The highest BCUT2D eigenvalue weighted by atomic mass is 16.5. The van der Waals surface area contributed by atoms with Gasteiger partial charge in [0.15, 0.2) is 0 Å². The molecule has 1 aliphatic rings. The van der Waals surface area contributed by atoms with Crippen LogP contribution in [-0.4, -0.2) is 48.9 Å². The first-order valence-electron chi connectivity index (χ1n) is 8.80.